The monoisotopic (exact) mass is 779 g/mol. The van der Waals surface area contributed by atoms with Crippen LogP contribution >= 0.6 is 0 Å². The Labute approximate surface area is 312 Å². The zero-order valence-electron chi connectivity index (χ0n) is 30.1. The number of esters is 1. The number of ether oxygens (including phenoxy) is 6. The highest BCUT2D eigenvalue weighted by Crippen LogP contribution is 2.44. The van der Waals surface area contributed by atoms with Crippen molar-refractivity contribution in [2.75, 3.05) is 13.2 Å². The minimum Gasteiger partial charge on any atom is -0.460 e. The number of allylic oxidation sites excluding steroid dienone is 1. The van der Waals surface area contributed by atoms with E-state index in [-0.39, 0.29) is 43.6 Å². The van der Waals surface area contributed by atoms with Crippen LogP contribution < -0.4 is 0 Å². The van der Waals surface area contributed by atoms with Gasteiger partial charge in [0.2, 0.25) is 0 Å². The van der Waals surface area contributed by atoms with Crippen LogP contribution in [0.1, 0.15) is 64.2 Å². The Bertz CT molecular complexity index is 1230. The molecule has 19 atom stereocenters. The second-order valence-corrected chi connectivity index (χ2v) is 16.1. The molecule has 3 heterocycles. The van der Waals surface area contributed by atoms with Gasteiger partial charge in [0.25, 0.3) is 0 Å². The van der Waals surface area contributed by atoms with Crippen molar-refractivity contribution >= 4 is 5.97 Å². The Morgan fingerprint density at radius 2 is 1.28 bits per heavy atom. The van der Waals surface area contributed by atoms with Crippen LogP contribution in [-0.4, -0.2) is 190 Å². The summed E-state index contributed by atoms with van der Waals surface area (Å²) in [5.41, 5.74) is 0. The van der Waals surface area contributed by atoms with E-state index in [2.05, 4.69) is 0 Å². The second-order valence-electron chi connectivity index (χ2n) is 16.1. The van der Waals surface area contributed by atoms with E-state index in [1.54, 1.807) is 6.08 Å². The highest BCUT2D eigenvalue weighted by molar-refractivity contribution is 5.81. The fourth-order valence-electron chi connectivity index (χ4n) is 9.05. The lowest BCUT2D eigenvalue weighted by atomic mass is 9.72. The van der Waals surface area contributed by atoms with Gasteiger partial charge in [-0.1, -0.05) is 6.08 Å². The molecule has 0 aromatic heterocycles. The zero-order valence-corrected chi connectivity index (χ0v) is 30.1. The van der Waals surface area contributed by atoms with Crippen LogP contribution in [-0.2, 0) is 28.5 Å². The number of rotatable bonds is 10. The molecule has 310 valence electrons. The summed E-state index contributed by atoms with van der Waals surface area (Å²) in [6.45, 7) is -1.13. The molecule has 54 heavy (non-hydrogen) atoms. The third kappa shape index (κ3) is 9.63. The Morgan fingerprint density at radius 3 is 1.93 bits per heavy atom. The number of hydrogen-bond donors (Lipinski definition) is 11. The third-order valence-electron chi connectivity index (χ3n) is 12.3. The number of aliphatic hydroxyl groups excluding tert-OH is 11. The Balaban J connectivity index is 1.15. The average Bonchev–Trinajstić information content (AvgIpc) is 3.15. The summed E-state index contributed by atoms with van der Waals surface area (Å²) >= 11 is 0. The molecule has 0 bridgehead atoms. The van der Waals surface area contributed by atoms with Crippen molar-refractivity contribution in [1.29, 1.82) is 0 Å². The van der Waals surface area contributed by atoms with Crippen LogP contribution in [0.5, 0.6) is 0 Å². The van der Waals surface area contributed by atoms with Gasteiger partial charge in [-0.15, -0.1) is 0 Å². The summed E-state index contributed by atoms with van der Waals surface area (Å²) in [6, 6.07) is 0. The van der Waals surface area contributed by atoms with Gasteiger partial charge in [0, 0.05) is 24.8 Å². The van der Waals surface area contributed by atoms with Crippen LogP contribution in [0.4, 0.5) is 0 Å². The van der Waals surface area contributed by atoms with Gasteiger partial charge in [-0.2, -0.15) is 0 Å². The van der Waals surface area contributed by atoms with E-state index in [0.29, 0.717) is 25.7 Å². The van der Waals surface area contributed by atoms with Crippen LogP contribution in [0.25, 0.3) is 0 Å². The minimum absolute atomic E-state index is 0.0658. The van der Waals surface area contributed by atoms with Crippen molar-refractivity contribution in [1.82, 2.24) is 0 Å². The fourth-order valence-corrected chi connectivity index (χ4v) is 9.05. The Hall–Kier alpha value is -1.43. The maximum Gasteiger partial charge on any atom is 0.330 e. The summed E-state index contributed by atoms with van der Waals surface area (Å²) in [5, 5.41) is 115. The van der Waals surface area contributed by atoms with Crippen molar-refractivity contribution in [3.05, 3.63) is 12.2 Å². The molecule has 6 rings (SSSR count). The molecule has 9 unspecified atom stereocenters. The van der Waals surface area contributed by atoms with Crippen LogP contribution in [0.2, 0.25) is 0 Å². The van der Waals surface area contributed by atoms with Gasteiger partial charge in [-0.25, -0.2) is 4.79 Å². The van der Waals surface area contributed by atoms with Gasteiger partial charge in [-0.3, -0.25) is 0 Å². The van der Waals surface area contributed by atoms with E-state index in [1.807, 2.05) is 0 Å². The first-order chi connectivity index (χ1) is 25.7. The van der Waals surface area contributed by atoms with E-state index in [1.165, 1.54) is 6.08 Å². The Kier molecular flexibility index (Phi) is 14.4. The second kappa shape index (κ2) is 18.4. The molecule has 18 nitrogen and oxygen atoms in total. The van der Waals surface area contributed by atoms with E-state index in [4.69, 9.17) is 28.4 Å². The first-order valence-corrected chi connectivity index (χ1v) is 19.3. The molecule has 0 aromatic carbocycles. The summed E-state index contributed by atoms with van der Waals surface area (Å²) < 4.78 is 34.4. The van der Waals surface area contributed by atoms with Crippen LogP contribution in [0.3, 0.4) is 0 Å². The van der Waals surface area contributed by atoms with Gasteiger partial charge in [0.05, 0.1) is 43.0 Å². The predicted molar refractivity (Wildman–Crippen MR) is 181 cm³/mol. The van der Waals surface area contributed by atoms with Gasteiger partial charge >= 0.3 is 5.97 Å². The summed E-state index contributed by atoms with van der Waals surface area (Å²) in [6.07, 6.45) is -14.4. The number of carbonyl (C=O) groups is 1. The van der Waals surface area contributed by atoms with Crippen LogP contribution in [0.15, 0.2) is 12.2 Å². The SMILES string of the molecule is O=C(C=CC1CCC(O)CC1)OC[C@H]1O[C@@H](OC2CC(O)CC3[OH+]C(C4CCC(O)C(O)C4)C(O[C@@H]4O[C@H](CO)[C@H](O)[C@H](O)[C@H]4O)CC23)[C@H](O)[C@@H](O)[C@@H]1O. The lowest BCUT2D eigenvalue weighted by Gasteiger charge is -2.50. The lowest BCUT2D eigenvalue weighted by Crippen LogP contribution is -2.64. The smallest absolute Gasteiger partial charge is 0.330 e. The highest BCUT2D eigenvalue weighted by atomic mass is 16.7. The summed E-state index contributed by atoms with van der Waals surface area (Å²) in [4.78, 5) is 12.5. The predicted octanol–water partition coefficient (Wildman–Crippen LogP) is -4.02. The van der Waals surface area contributed by atoms with Gasteiger partial charge in [-0.05, 0) is 57.3 Å². The number of carbonyl (C=O) groups excluding carboxylic acids is 1. The quantitative estimate of drug-likeness (QED) is 0.0572. The average molecular weight is 780 g/mol. The summed E-state index contributed by atoms with van der Waals surface area (Å²) in [7, 11) is 0. The molecular formula is C36H59O18+. The molecular weight excluding hydrogens is 720 g/mol. The molecule has 0 aromatic rings. The Morgan fingerprint density at radius 1 is 0.648 bits per heavy atom. The molecule has 6 fully saturated rings. The van der Waals surface area contributed by atoms with E-state index in [0.717, 1.165) is 12.8 Å². The molecule has 3 aliphatic heterocycles. The number of fused-ring (bicyclic) bond motifs is 1. The van der Waals surface area contributed by atoms with Crippen molar-refractivity contribution in [3.8, 4) is 0 Å². The first kappa shape index (κ1) is 42.2. The van der Waals surface area contributed by atoms with E-state index in [9.17, 15) is 61.0 Å². The summed E-state index contributed by atoms with van der Waals surface area (Å²) in [5.74, 6) is -1.36. The lowest BCUT2D eigenvalue weighted by molar-refractivity contribution is -0.367. The zero-order chi connectivity index (χ0) is 38.8. The molecule has 6 aliphatic rings. The molecule has 0 spiro atoms. The molecule has 0 amide bonds. The molecule has 0 radical (unpaired) electrons. The highest BCUT2D eigenvalue weighted by Gasteiger charge is 2.56. The fraction of sp³-hybridized carbons (Fsp3) is 0.917. The maximum absolute atomic E-state index is 12.5. The van der Waals surface area contributed by atoms with E-state index >= 15 is 0 Å². The molecule has 3 saturated heterocycles. The van der Waals surface area contributed by atoms with Crippen LogP contribution in [0, 0.1) is 17.8 Å². The molecule has 3 saturated carbocycles. The van der Waals surface area contributed by atoms with Crippen molar-refractivity contribution in [2.24, 2.45) is 17.8 Å². The van der Waals surface area contributed by atoms with Crippen molar-refractivity contribution in [3.63, 3.8) is 0 Å². The van der Waals surface area contributed by atoms with E-state index < -0.39 is 129 Å². The van der Waals surface area contributed by atoms with Gasteiger partial charge < -0.3 is 84.6 Å². The largest absolute Gasteiger partial charge is 0.460 e. The normalized spacial score (nSPS) is 50.4. The minimum atomic E-state index is -1.74. The number of aliphatic hydroxyl groups is 13. The van der Waals surface area contributed by atoms with Gasteiger partial charge in [0.15, 0.2) is 24.8 Å². The maximum atomic E-state index is 12.5. The first-order valence-electron chi connectivity index (χ1n) is 19.3. The molecule has 18 heteroatoms. The third-order valence-corrected chi connectivity index (χ3v) is 12.3. The van der Waals surface area contributed by atoms with Gasteiger partial charge in [0.1, 0.15) is 61.5 Å². The van der Waals surface area contributed by atoms with Crippen molar-refractivity contribution < 1.29 is 89.4 Å². The number of hydrogen-bond acceptors (Lipinski definition) is 17. The van der Waals surface area contributed by atoms with Crippen molar-refractivity contribution in [2.45, 2.75) is 174 Å². The standard InChI is InChI=1S/C36H58O18/c37-13-25-28(43)30(45)32(47)36(53-25)52-24-12-19-22(50-34(24)16-4-7-20(40)21(41)9-16)10-18(39)11-23(19)51-35-33(48)31(46)29(44)26(54-35)14-49-27(42)8-3-15-1-5-17(38)6-2-15/h3,8,15-26,28-41,43-48H,1-2,4-7,9-14H2/p+1/t15?,16?,17?,18?,19?,20?,21?,22?,23?,24?,25-,26-,28+,29-,30+,31+,32-,33-,34?,35-,36-/m1/s1. The molecule has 3 aliphatic carbocycles. The topological polar surface area (TPSA) is 299 Å². The molecule has 12 N–H and O–H groups in total.